The minimum atomic E-state index is -0.356. The average Bonchev–Trinajstić information content (AvgIpc) is 3.05. The van der Waals surface area contributed by atoms with E-state index in [-0.39, 0.29) is 11.7 Å². The lowest BCUT2D eigenvalue weighted by molar-refractivity contribution is 0.0987. The summed E-state index contributed by atoms with van der Waals surface area (Å²) < 4.78 is 21.4. The first-order valence-corrected chi connectivity index (χ1v) is 7.87. The van der Waals surface area contributed by atoms with E-state index < -0.39 is 0 Å². The van der Waals surface area contributed by atoms with Crippen molar-refractivity contribution < 1.29 is 23.4 Å². The summed E-state index contributed by atoms with van der Waals surface area (Å²) in [5.74, 6) is 1.68. The molecule has 1 aromatic heterocycles. The van der Waals surface area contributed by atoms with Crippen LogP contribution in [0.15, 0.2) is 34.7 Å². The van der Waals surface area contributed by atoms with Crippen LogP contribution in [-0.2, 0) is 11.3 Å². The van der Waals surface area contributed by atoms with E-state index in [2.05, 4.69) is 12.2 Å². The van der Waals surface area contributed by atoms with Crippen LogP contribution in [0.4, 0.5) is 5.69 Å². The van der Waals surface area contributed by atoms with Crippen LogP contribution in [0.2, 0.25) is 0 Å². The molecule has 0 aliphatic rings. The normalized spacial score (nSPS) is 10.5. The lowest BCUT2D eigenvalue weighted by Gasteiger charge is -2.13. The van der Waals surface area contributed by atoms with E-state index in [0.29, 0.717) is 36.2 Å². The van der Waals surface area contributed by atoms with Gasteiger partial charge < -0.3 is 23.9 Å². The van der Waals surface area contributed by atoms with Gasteiger partial charge in [-0.15, -0.1) is 0 Å². The van der Waals surface area contributed by atoms with E-state index in [9.17, 15) is 4.79 Å². The lowest BCUT2D eigenvalue weighted by Crippen LogP contribution is -2.12. The van der Waals surface area contributed by atoms with Gasteiger partial charge in [-0.2, -0.15) is 0 Å². The van der Waals surface area contributed by atoms with Crippen molar-refractivity contribution in [3.05, 3.63) is 41.9 Å². The third kappa shape index (κ3) is 4.76. The Balaban J connectivity index is 2.14. The van der Waals surface area contributed by atoms with Gasteiger partial charge in [0.15, 0.2) is 5.76 Å². The summed E-state index contributed by atoms with van der Waals surface area (Å²) in [5, 5.41) is 2.81. The summed E-state index contributed by atoms with van der Waals surface area (Å²) >= 11 is 0. The number of carbonyl (C=O) groups is 1. The molecule has 0 saturated heterocycles. The highest BCUT2D eigenvalue weighted by Gasteiger charge is 2.15. The Kier molecular flexibility index (Phi) is 6.69. The topological polar surface area (TPSA) is 69.9 Å². The lowest BCUT2D eigenvalue weighted by atomic mass is 10.2. The van der Waals surface area contributed by atoms with Crippen LogP contribution in [0.3, 0.4) is 0 Å². The molecule has 130 valence electrons. The molecule has 6 nitrogen and oxygen atoms in total. The first-order chi connectivity index (χ1) is 11.7. The minimum Gasteiger partial charge on any atom is -0.497 e. The fourth-order valence-corrected chi connectivity index (χ4v) is 2.09. The minimum absolute atomic E-state index is 0.212. The summed E-state index contributed by atoms with van der Waals surface area (Å²) in [6, 6.07) is 8.62. The van der Waals surface area contributed by atoms with E-state index in [1.54, 1.807) is 44.6 Å². The van der Waals surface area contributed by atoms with Crippen LogP contribution in [0, 0.1) is 0 Å². The Morgan fingerprint density at radius 2 is 2.04 bits per heavy atom. The Hall–Kier alpha value is -2.47. The summed E-state index contributed by atoms with van der Waals surface area (Å²) in [6.45, 7) is 3.00. The Morgan fingerprint density at radius 1 is 1.21 bits per heavy atom. The van der Waals surface area contributed by atoms with Crippen molar-refractivity contribution in [1.29, 1.82) is 0 Å². The zero-order chi connectivity index (χ0) is 17.4. The standard InChI is InChI=1S/C18H23NO5/c1-4-5-10-23-16-8-6-13(22-3)11-15(16)19-18(20)17-9-7-14(24-17)12-21-2/h6-9,11H,4-5,10,12H2,1-3H3,(H,19,20). The van der Waals surface area contributed by atoms with Crippen LogP contribution < -0.4 is 14.8 Å². The fourth-order valence-electron chi connectivity index (χ4n) is 2.09. The number of ether oxygens (including phenoxy) is 3. The van der Waals surface area contributed by atoms with E-state index in [1.807, 2.05) is 0 Å². The van der Waals surface area contributed by atoms with Gasteiger partial charge >= 0.3 is 0 Å². The van der Waals surface area contributed by atoms with E-state index >= 15 is 0 Å². The molecule has 1 aromatic carbocycles. The zero-order valence-electron chi connectivity index (χ0n) is 14.3. The quantitative estimate of drug-likeness (QED) is 0.706. The summed E-state index contributed by atoms with van der Waals surface area (Å²) in [5.41, 5.74) is 0.542. The van der Waals surface area contributed by atoms with Gasteiger partial charge in [-0.05, 0) is 30.7 Å². The number of furan rings is 1. The number of methoxy groups -OCH3 is 2. The molecule has 1 N–H and O–H groups in total. The molecule has 0 bridgehead atoms. The number of amides is 1. The van der Waals surface area contributed by atoms with Gasteiger partial charge in [-0.25, -0.2) is 0 Å². The van der Waals surface area contributed by atoms with Gasteiger partial charge in [0, 0.05) is 13.2 Å². The van der Waals surface area contributed by atoms with Crippen molar-refractivity contribution in [2.45, 2.75) is 26.4 Å². The molecule has 2 rings (SSSR count). The molecule has 0 radical (unpaired) electrons. The van der Waals surface area contributed by atoms with Gasteiger partial charge in [0.05, 0.1) is 19.4 Å². The molecular formula is C18H23NO5. The van der Waals surface area contributed by atoms with E-state index in [1.165, 1.54) is 0 Å². The van der Waals surface area contributed by atoms with Gasteiger partial charge in [-0.3, -0.25) is 4.79 Å². The Morgan fingerprint density at radius 3 is 2.75 bits per heavy atom. The van der Waals surface area contributed by atoms with Gasteiger partial charge in [0.2, 0.25) is 0 Å². The largest absolute Gasteiger partial charge is 0.497 e. The molecule has 0 fully saturated rings. The second-order valence-electron chi connectivity index (χ2n) is 5.22. The SMILES string of the molecule is CCCCOc1ccc(OC)cc1NC(=O)c1ccc(COC)o1. The molecule has 0 atom stereocenters. The number of hydrogen-bond donors (Lipinski definition) is 1. The van der Waals surface area contributed by atoms with Crippen LogP contribution in [0.1, 0.15) is 36.1 Å². The second-order valence-corrected chi connectivity index (χ2v) is 5.22. The Labute approximate surface area is 141 Å². The van der Waals surface area contributed by atoms with Crippen LogP contribution >= 0.6 is 0 Å². The number of hydrogen-bond acceptors (Lipinski definition) is 5. The third-order valence-corrected chi connectivity index (χ3v) is 3.36. The first kappa shape index (κ1) is 17.9. The van der Waals surface area contributed by atoms with E-state index in [0.717, 1.165) is 12.8 Å². The van der Waals surface area contributed by atoms with Crippen molar-refractivity contribution >= 4 is 11.6 Å². The smallest absolute Gasteiger partial charge is 0.291 e. The predicted octanol–water partition coefficient (Wildman–Crippen LogP) is 3.87. The molecule has 1 heterocycles. The highest BCUT2D eigenvalue weighted by atomic mass is 16.5. The molecule has 6 heteroatoms. The molecule has 24 heavy (non-hydrogen) atoms. The maximum Gasteiger partial charge on any atom is 0.291 e. The monoisotopic (exact) mass is 333 g/mol. The second kappa shape index (κ2) is 8.98. The summed E-state index contributed by atoms with van der Waals surface area (Å²) in [7, 11) is 3.14. The average molecular weight is 333 g/mol. The predicted molar refractivity (Wildman–Crippen MR) is 90.8 cm³/mol. The van der Waals surface area contributed by atoms with Crippen LogP contribution in [-0.4, -0.2) is 26.7 Å². The zero-order valence-corrected chi connectivity index (χ0v) is 14.3. The first-order valence-electron chi connectivity index (χ1n) is 7.87. The van der Waals surface area contributed by atoms with Gasteiger partial charge in [-0.1, -0.05) is 13.3 Å². The van der Waals surface area contributed by atoms with Crippen LogP contribution in [0.5, 0.6) is 11.5 Å². The van der Waals surface area contributed by atoms with Gasteiger partial charge in [0.1, 0.15) is 23.9 Å². The van der Waals surface area contributed by atoms with Crippen LogP contribution in [0.25, 0.3) is 0 Å². The maximum atomic E-state index is 12.4. The van der Waals surface area contributed by atoms with Crippen molar-refractivity contribution in [1.82, 2.24) is 0 Å². The molecule has 0 unspecified atom stereocenters. The fraction of sp³-hybridized carbons (Fsp3) is 0.389. The molecule has 0 aliphatic heterocycles. The number of rotatable bonds is 9. The Bertz CT molecular complexity index is 665. The molecule has 0 spiro atoms. The number of carbonyl (C=O) groups excluding carboxylic acids is 1. The van der Waals surface area contributed by atoms with Crippen molar-refractivity contribution in [3.8, 4) is 11.5 Å². The number of anilines is 1. The number of nitrogens with one attached hydrogen (secondary N) is 1. The molecule has 0 aliphatic carbocycles. The molecule has 2 aromatic rings. The van der Waals surface area contributed by atoms with Crippen molar-refractivity contribution in [3.63, 3.8) is 0 Å². The molecule has 1 amide bonds. The van der Waals surface area contributed by atoms with E-state index in [4.69, 9.17) is 18.6 Å². The highest BCUT2D eigenvalue weighted by Crippen LogP contribution is 2.30. The summed E-state index contributed by atoms with van der Waals surface area (Å²) in [6.07, 6.45) is 1.98. The summed E-state index contributed by atoms with van der Waals surface area (Å²) in [4.78, 5) is 12.4. The molecular weight excluding hydrogens is 310 g/mol. The maximum absolute atomic E-state index is 12.4. The van der Waals surface area contributed by atoms with Crippen molar-refractivity contribution in [2.24, 2.45) is 0 Å². The highest BCUT2D eigenvalue weighted by molar-refractivity contribution is 6.03. The third-order valence-electron chi connectivity index (χ3n) is 3.36. The molecule has 0 saturated carbocycles. The van der Waals surface area contributed by atoms with Crippen molar-refractivity contribution in [2.75, 3.05) is 26.1 Å². The van der Waals surface area contributed by atoms with Gasteiger partial charge in [0.25, 0.3) is 5.91 Å². The number of unbranched alkanes of at least 4 members (excludes halogenated alkanes) is 1. The number of benzene rings is 1.